The van der Waals surface area contributed by atoms with Gasteiger partial charge in [0, 0.05) is 22.9 Å². The maximum absolute atomic E-state index is 12.6. The predicted octanol–water partition coefficient (Wildman–Crippen LogP) is 3.62. The van der Waals surface area contributed by atoms with Crippen LogP contribution in [0.25, 0.3) is 10.8 Å². The molecule has 0 atom stereocenters. The number of sulfonamides is 1. The average molecular weight is 352 g/mol. The molecule has 1 aliphatic rings. The van der Waals surface area contributed by atoms with Gasteiger partial charge in [-0.25, -0.2) is 8.42 Å². The Morgan fingerprint density at radius 3 is 2.44 bits per heavy atom. The maximum Gasteiger partial charge on any atom is 0.261 e. The van der Waals surface area contributed by atoms with Crippen molar-refractivity contribution in [2.24, 2.45) is 0 Å². The average Bonchev–Trinajstić information content (AvgIpc) is 2.91. The lowest BCUT2D eigenvalue weighted by Gasteiger charge is -2.16. The molecule has 25 heavy (non-hydrogen) atoms. The molecule has 126 valence electrons. The lowest BCUT2D eigenvalue weighted by atomic mass is 10.0. The van der Waals surface area contributed by atoms with Gasteiger partial charge in [-0.1, -0.05) is 30.3 Å². The van der Waals surface area contributed by atoms with E-state index in [2.05, 4.69) is 4.72 Å². The van der Waals surface area contributed by atoms with Crippen molar-refractivity contribution in [1.29, 1.82) is 0 Å². The fourth-order valence-corrected chi connectivity index (χ4v) is 4.35. The summed E-state index contributed by atoms with van der Waals surface area (Å²) in [6.07, 6.45) is 0. The zero-order valence-electron chi connectivity index (χ0n) is 13.6. The molecule has 1 heterocycles. The van der Waals surface area contributed by atoms with Gasteiger partial charge >= 0.3 is 0 Å². The van der Waals surface area contributed by atoms with Gasteiger partial charge in [0.15, 0.2) is 0 Å². The smallest absolute Gasteiger partial charge is 0.261 e. The van der Waals surface area contributed by atoms with Crippen molar-refractivity contribution in [1.82, 2.24) is 0 Å². The first kappa shape index (κ1) is 15.7. The minimum absolute atomic E-state index is 0.0498. The van der Waals surface area contributed by atoms with Gasteiger partial charge in [0.25, 0.3) is 15.9 Å². The monoisotopic (exact) mass is 352 g/mol. The molecule has 0 radical (unpaired) electrons. The predicted molar refractivity (Wildman–Crippen MR) is 98.5 cm³/mol. The Morgan fingerprint density at radius 2 is 1.72 bits per heavy atom. The van der Waals surface area contributed by atoms with E-state index < -0.39 is 10.0 Å². The van der Waals surface area contributed by atoms with E-state index in [0.29, 0.717) is 17.8 Å². The fraction of sp³-hybridized carbons (Fsp3) is 0.105. The number of hydrogen-bond acceptors (Lipinski definition) is 3. The Morgan fingerprint density at radius 1 is 0.960 bits per heavy atom. The van der Waals surface area contributed by atoms with Crippen LogP contribution in [-0.2, 0) is 10.0 Å². The first-order valence-electron chi connectivity index (χ1n) is 7.98. The van der Waals surface area contributed by atoms with Gasteiger partial charge in [-0.15, -0.1) is 0 Å². The second-order valence-electron chi connectivity index (χ2n) is 5.83. The highest BCUT2D eigenvalue weighted by atomic mass is 32.2. The molecule has 0 saturated carbocycles. The Bertz CT molecular complexity index is 1090. The second-order valence-corrected chi connectivity index (χ2v) is 7.51. The van der Waals surface area contributed by atoms with Crippen LogP contribution >= 0.6 is 0 Å². The van der Waals surface area contributed by atoms with Crippen LogP contribution in [0.1, 0.15) is 17.3 Å². The van der Waals surface area contributed by atoms with E-state index in [9.17, 15) is 13.2 Å². The molecule has 0 spiro atoms. The number of carbonyl (C=O) groups is 1. The Balaban J connectivity index is 1.86. The van der Waals surface area contributed by atoms with Gasteiger partial charge in [-0.2, -0.15) is 0 Å². The molecular formula is C19H16N2O3S. The van der Waals surface area contributed by atoms with Crippen LogP contribution in [0.4, 0.5) is 11.4 Å². The standard InChI is InChI=1S/C19H16N2O3S/c1-2-21-17-12-11-16(14-9-6-10-15(18(14)17)19(21)22)20-25(23,24)13-7-4-3-5-8-13/h3-12,20H,2H2,1H3. The van der Waals surface area contributed by atoms with E-state index in [0.717, 1.165) is 16.5 Å². The summed E-state index contributed by atoms with van der Waals surface area (Å²) in [7, 11) is -3.69. The third kappa shape index (κ3) is 2.37. The van der Waals surface area contributed by atoms with Crippen LogP contribution in [0, 0.1) is 0 Å². The fourth-order valence-electron chi connectivity index (χ4n) is 3.25. The molecule has 0 aliphatic carbocycles. The third-order valence-electron chi connectivity index (χ3n) is 4.40. The van der Waals surface area contributed by atoms with E-state index in [-0.39, 0.29) is 10.8 Å². The largest absolute Gasteiger partial charge is 0.308 e. The number of amides is 1. The normalized spacial score (nSPS) is 13.5. The van der Waals surface area contributed by atoms with E-state index >= 15 is 0 Å². The van der Waals surface area contributed by atoms with E-state index in [1.807, 2.05) is 13.0 Å². The number of nitrogens with one attached hydrogen (secondary N) is 1. The third-order valence-corrected chi connectivity index (χ3v) is 5.78. The zero-order valence-corrected chi connectivity index (χ0v) is 14.4. The van der Waals surface area contributed by atoms with Gasteiger partial charge in [-0.3, -0.25) is 9.52 Å². The molecule has 5 nitrogen and oxygen atoms in total. The SMILES string of the molecule is CCN1C(=O)c2cccc3c(NS(=O)(=O)c4ccccc4)ccc1c23. The van der Waals surface area contributed by atoms with Gasteiger partial charge in [0.1, 0.15) is 0 Å². The van der Waals surface area contributed by atoms with Crippen LogP contribution in [0.5, 0.6) is 0 Å². The molecular weight excluding hydrogens is 336 g/mol. The molecule has 1 aliphatic heterocycles. The summed E-state index contributed by atoms with van der Waals surface area (Å²) in [5.74, 6) is -0.0498. The summed E-state index contributed by atoms with van der Waals surface area (Å²) >= 11 is 0. The molecule has 0 bridgehead atoms. The van der Waals surface area contributed by atoms with Crippen LogP contribution in [-0.4, -0.2) is 20.9 Å². The highest BCUT2D eigenvalue weighted by Crippen LogP contribution is 2.40. The number of benzene rings is 3. The number of carbonyl (C=O) groups excluding carboxylic acids is 1. The lowest BCUT2D eigenvalue weighted by Crippen LogP contribution is -2.25. The highest BCUT2D eigenvalue weighted by Gasteiger charge is 2.29. The quantitative estimate of drug-likeness (QED) is 0.780. The molecule has 0 fully saturated rings. The molecule has 0 unspecified atom stereocenters. The van der Waals surface area contributed by atoms with Crippen molar-refractivity contribution >= 4 is 38.1 Å². The topological polar surface area (TPSA) is 66.5 Å². The number of anilines is 2. The molecule has 1 N–H and O–H groups in total. The van der Waals surface area contributed by atoms with E-state index in [1.165, 1.54) is 0 Å². The van der Waals surface area contributed by atoms with Crippen molar-refractivity contribution < 1.29 is 13.2 Å². The van der Waals surface area contributed by atoms with Crippen molar-refractivity contribution in [2.45, 2.75) is 11.8 Å². The first-order valence-corrected chi connectivity index (χ1v) is 9.46. The van der Waals surface area contributed by atoms with Crippen LogP contribution in [0.15, 0.2) is 65.6 Å². The summed E-state index contributed by atoms with van der Waals surface area (Å²) in [6, 6.07) is 17.1. The second kappa shape index (κ2) is 5.60. The maximum atomic E-state index is 12.6. The van der Waals surface area contributed by atoms with Crippen LogP contribution < -0.4 is 9.62 Å². The van der Waals surface area contributed by atoms with Gasteiger partial charge in [0.05, 0.1) is 16.3 Å². The lowest BCUT2D eigenvalue weighted by molar-refractivity contribution is 0.0994. The van der Waals surface area contributed by atoms with Crippen LogP contribution in [0.3, 0.4) is 0 Å². The molecule has 3 aromatic rings. The highest BCUT2D eigenvalue weighted by molar-refractivity contribution is 7.92. The van der Waals surface area contributed by atoms with Gasteiger partial charge in [-0.05, 0) is 37.3 Å². The van der Waals surface area contributed by atoms with E-state index in [1.54, 1.807) is 59.5 Å². The van der Waals surface area contributed by atoms with Crippen molar-refractivity contribution in [3.8, 4) is 0 Å². The van der Waals surface area contributed by atoms with E-state index in [4.69, 9.17) is 0 Å². The molecule has 4 rings (SSSR count). The number of rotatable bonds is 4. The minimum Gasteiger partial charge on any atom is -0.308 e. The summed E-state index contributed by atoms with van der Waals surface area (Å²) < 4.78 is 27.9. The minimum atomic E-state index is -3.69. The molecule has 0 saturated heterocycles. The molecule has 1 amide bonds. The Kier molecular flexibility index (Phi) is 3.51. The summed E-state index contributed by atoms with van der Waals surface area (Å²) in [6.45, 7) is 2.49. The molecule has 3 aromatic carbocycles. The Labute approximate surface area is 145 Å². The zero-order chi connectivity index (χ0) is 17.6. The van der Waals surface area contributed by atoms with Gasteiger partial charge in [0.2, 0.25) is 0 Å². The van der Waals surface area contributed by atoms with Crippen molar-refractivity contribution in [3.05, 3.63) is 66.2 Å². The molecule has 0 aromatic heterocycles. The number of nitrogens with zero attached hydrogens (tertiary/aromatic N) is 1. The summed E-state index contributed by atoms with van der Waals surface area (Å²) in [5.41, 5.74) is 1.89. The van der Waals surface area contributed by atoms with Crippen LogP contribution in [0.2, 0.25) is 0 Å². The molecule has 6 heteroatoms. The summed E-state index contributed by atoms with van der Waals surface area (Å²) in [5, 5.41) is 1.52. The first-order chi connectivity index (χ1) is 12.0. The summed E-state index contributed by atoms with van der Waals surface area (Å²) in [4.78, 5) is 14.4. The Hall–Kier alpha value is -2.86. The van der Waals surface area contributed by atoms with Gasteiger partial charge < -0.3 is 4.90 Å². The van der Waals surface area contributed by atoms with Crippen molar-refractivity contribution in [2.75, 3.05) is 16.2 Å². The number of hydrogen-bond donors (Lipinski definition) is 1. The van der Waals surface area contributed by atoms with Crippen molar-refractivity contribution in [3.63, 3.8) is 0 Å².